The molecular formula is C36H36N12O6S2. The van der Waals surface area contributed by atoms with Crippen molar-refractivity contribution in [2.75, 3.05) is 34.4 Å². The highest BCUT2D eigenvalue weighted by Gasteiger charge is 2.25. The second-order valence-electron chi connectivity index (χ2n) is 11.9. The van der Waals surface area contributed by atoms with Gasteiger partial charge in [-0.05, 0) is 50.2 Å². The lowest BCUT2D eigenvalue weighted by molar-refractivity contribution is 0.480. The van der Waals surface area contributed by atoms with Gasteiger partial charge in [-0.15, -0.1) is 0 Å². The van der Waals surface area contributed by atoms with Crippen LogP contribution < -0.4 is 32.7 Å². The molecule has 0 fully saturated rings. The van der Waals surface area contributed by atoms with Crippen molar-refractivity contribution in [3.63, 3.8) is 0 Å². The Bertz CT molecular complexity index is 2470. The van der Waals surface area contributed by atoms with E-state index in [-0.39, 0.29) is 57.7 Å². The molecule has 18 nitrogen and oxygen atoms in total. The summed E-state index contributed by atoms with van der Waals surface area (Å²) in [5, 5.41) is 12.2. The molecule has 0 aliphatic carbocycles. The summed E-state index contributed by atoms with van der Waals surface area (Å²) in [5.41, 5.74) is 13.1. The SMILES string of the molecule is CCNc1nc(Nc2ccccc2)nc(-c2ccc(C(N)=C(N)c3ccc(-c4nc(NCC)nc(Nc5ccccc5)n4)cc3S(=O)(=O)O)c(S(=O)(=O)O)c2)n1. The molecule has 2 aromatic heterocycles. The van der Waals surface area contributed by atoms with Gasteiger partial charge >= 0.3 is 0 Å². The molecule has 0 spiro atoms. The first kappa shape index (κ1) is 39.0. The van der Waals surface area contributed by atoms with Crippen LogP contribution in [0.15, 0.2) is 107 Å². The van der Waals surface area contributed by atoms with Gasteiger partial charge in [-0.25, -0.2) is 0 Å². The lowest BCUT2D eigenvalue weighted by Crippen LogP contribution is -2.15. The van der Waals surface area contributed by atoms with Crippen LogP contribution in [0, 0.1) is 0 Å². The molecule has 6 rings (SSSR count). The minimum absolute atomic E-state index is 0.0448. The van der Waals surface area contributed by atoms with Gasteiger partial charge in [0.2, 0.25) is 23.8 Å². The maximum atomic E-state index is 12.8. The van der Waals surface area contributed by atoms with Crippen LogP contribution >= 0.6 is 0 Å². The summed E-state index contributed by atoms with van der Waals surface area (Å²) >= 11 is 0. The Balaban J connectivity index is 1.43. The van der Waals surface area contributed by atoms with Gasteiger partial charge in [0.15, 0.2) is 11.6 Å². The molecule has 288 valence electrons. The highest BCUT2D eigenvalue weighted by molar-refractivity contribution is 7.86. The second-order valence-corrected chi connectivity index (χ2v) is 14.6. The van der Waals surface area contributed by atoms with Gasteiger partial charge in [-0.3, -0.25) is 9.11 Å². The minimum Gasteiger partial charge on any atom is -0.397 e. The third kappa shape index (κ3) is 9.13. The molecule has 0 aliphatic heterocycles. The number of anilines is 6. The first-order valence-corrected chi connectivity index (χ1v) is 19.7. The van der Waals surface area contributed by atoms with Gasteiger partial charge in [0.1, 0.15) is 9.79 Å². The van der Waals surface area contributed by atoms with Crippen LogP contribution in [-0.4, -0.2) is 68.9 Å². The number of nitrogens with zero attached hydrogens (tertiary/aromatic N) is 6. The van der Waals surface area contributed by atoms with Crippen molar-refractivity contribution in [1.29, 1.82) is 0 Å². The Morgan fingerprint density at radius 2 is 0.893 bits per heavy atom. The van der Waals surface area contributed by atoms with Crippen LogP contribution in [0.3, 0.4) is 0 Å². The molecule has 0 amide bonds. The summed E-state index contributed by atoms with van der Waals surface area (Å²) in [6.45, 7) is 4.62. The van der Waals surface area contributed by atoms with Gasteiger partial charge in [0.05, 0.1) is 11.4 Å². The summed E-state index contributed by atoms with van der Waals surface area (Å²) in [6.07, 6.45) is 0. The van der Waals surface area contributed by atoms with Crippen molar-refractivity contribution in [3.8, 4) is 22.8 Å². The fourth-order valence-corrected chi connectivity index (χ4v) is 6.85. The summed E-state index contributed by atoms with van der Waals surface area (Å²) in [6, 6.07) is 25.8. The Morgan fingerprint density at radius 3 is 1.23 bits per heavy atom. The quantitative estimate of drug-likeness (QED) is 0.0533. The molecule has 0 unspecified atom stereocenters. The van der Waals surface area contributed by atoms with Crippen LogP contribution in [0.5, 0.6) is 0 Å². The maximum Gasteiger partial charge on any atom is 0.295 e. The fourth-order valence-electron chi connectivity index (χ4n) is 5.38. The zero-order valence-electron chi connectivity index (χ0n) is 29.8. The molecule has 10 N–H and O–H groups in total. The van der Waals surface area contributed by atoms with E-state index in [0.717, 1.165) is 12.1 Å². The number of hydrogen-bond donors (Lipinski definition) is 8. The first-order chi connectivity index (χ1) is 26.7. The molecule has 56 heavy (non-hydrogen) atoms. The first-order valence-electron chi connectivity index (χ1n) is 16.9. The monoisotopic (exact) mass is 796 g/mol. The average molecular weight is 797 g/mol. The van der Waals surface area contributed by atoms with Gasteiger partial charge < -0.3 is 32.7 Å². The van der Waals surface area contributed by atoms with Crippen LogP contribution in [-0.2, 0) is 20.2 Å². The molecule has 0 bridgehead atoms. The molecule has 0 saturated heterocycles. The lowest BCUT2D eigenvalue weighted by atomic mass is 10.0. The highest BCUT2D eigenvalue weighted by atomic mass is 32.2. The number of para-hydroxylation sites is 2. The van der Waals surface area contributed by atoms with E-state index in [1.165, 1.54) is 24.3 Å². The third-order valence-electron chi connectivity index (χ3n) is 7.91. The summed E-state index contributed by atoms with van der Waals surface area (Å²) in [7, 11) is -9.99. The second kappa shape index (κ2) is 16.3. The minimum atomic E-state index is -4.99. The van der Waals surface area contributed by atoms with Crippen molar-refractivity contribution in [1.82, 2.24) is 29.9 Å². The normalized spacial score (nSPS) is 12.1. The van der Waals surface area contributed by atoms with E-state index in [9.17, 15) is 25.9 Å². The van der Waals surface area contributed by atoms with Crippen molar-refractivity contribution in [3.05, 3.63) is 108 Å². The maximum absolute atomic E-state index is 12.8. The van der Waals surface area contributed by atoms with E-state index >= 15 is 0 Å². The number of nitrogens with two attached hydrogens (primary N) is 2. The molecule has 4 aromatic carbocycles. The van der Waals surface area contributed by atoms with Crippen molar-refractivity contribution in [2.45, 2.75) is 23.6 Å². The standard InChI is InChI=1S/C36H36N12O6S2/c1-3-39-33-43-31(45-35(47-33)41-23-11-7-5-8-12-23)21-15-17-25(27(19-21)55(49,50)51)29(37)30(38)26-18-16-22(20-28(26)56(52,53)54)32-44-34(40-4-2)48-36(46-32)42-24-13-9-6-10-14-24/h5-20H,3-4,37-38H2,1-2H3,(H,49,50,51)(H,52,53,54)(H2,39,41,43,45,47)(H2,40,42,44,46,48). The van der Waals surface area contributed by atoms with E-state index in [0.29, 0.717) is 24.5 Å². The predicted octanol–water partition coefficient (Wildman–Crippen LogP) is 4.98. The van der Waals surface area contributed by atoms with Crippen molar-refractivity contribution >= 4 is 66.8 Å². The highest BCUT2D eigenvalue weighted by Crippen LogP contribution is 2.33. The zero-order chi connectivity index (χ0) is 40.0. The van der Waals surface area contributed by atoms with Crippen LogP contribution in [0.4, 0.5) is 35.2 Å². The molecule has 0 atom stereocenters. The van der Waals surface area contributed by atoms with E-state index < -0.39 is 41.4 Å². The van der Waals surface area contributed by atoms with E-state index in [1.807, 2.05) is 50.2 Å². The molecular weight excluding hydrogens is 761 g/mol. The van der Waals surface area contributed by atoms with Crippen LogP contribution in [0.2, 0.25) is 0 Å². The third-order valence-corrected chi connectivity index (χ3v) is 9.69. The largest absolute Gasteiger partial charge is 0.397 e. The number of aromatic nitrogens is 6. The summed E-state index contributed by atoms with van der Waals surface area (Å²) in [5.74, 6) is 0.775. The Kier molecular flexibility index (Phi) is 11.4. The number of nitrogens with one attached hydrogen (secondary N) is 4. The average Bonchev–Trinajstić information content (AvgIpc) is 3.17. The predicted molar refractivity (Wildman–Crippen MR) is 213 cm³/mol. The molecule has 0 saturated carbocycles. The molecule has 0 radical (unpaired) electrons. The van der Waals surface area contributed by atoms with Crippen molar-refractivity contribution in [2.24, 2.45) is 11.5 Å². The van der Waals surface area contributed by atoms with Crippen molar-refractivity contribution < 1.29 is 25.9 Å². The Labute approximate surface area is 322 Å². The zero-order valence-corrected chi connectivity index (χ0v) is 31.5. The summed E-state index contributed by atoms with van der Waals surface area (Å²) < 4.78 is 72.0. The number of benzene rings is 4. The number of rotatable bonds is 14. The van der Waals surface area contributed by atoms with Gasteiger partial charge in [-0.2, -0.15) is 46.7 Å². The van der Waals surface area contributed by atoms with Gasteiger partial charge in [0, 0.05) is 46.7 Å². The Hall–Kier alpha value is -6.74. The summed E-state index contributed by atoms with van der Waals surface area (Å²) in [4.78, 5) is 25.0. The molecule has 6 aromatic rings. The smallest absolute Gasteiger partial charge is 0.295 e. The van der Waals surface area contributed by atoms with Gasteiger partial charge in [-0.1, -0.05) is 60.7 Å². The lowest BCUT2D eigenvalue weighted by Gasteiger charge is -2.16. The molecule has 0 aliphatic rings. The van der Waals surface area contributed by atoms with E-state index in [2.05, 4.69) is 51.2 Å². The fraction of sp³-hybridized carbons (Fsp3) is 0.111. The van der Waals surface area contributed by atoms with Crippen LogP contribution in [0.1, 0.15) is 25.0 Å². The Morgan fingerprint density at radius 1 is 0.536 bits per heavy atom. The van der Waals surface area contributed by atoms with Crippen LogP contribution in [0.25, 0.3) is 34.2 Å². The molecule has 20 heteroatoms. The number of hydrogen-bond acceptors (Lipinski definition) is 16. The molecule has 2 heterocycles. The van der Waals surface area contributed by atoms with Gasteiger partial charge in [0.25, 0.3) is 20.2 Å². The topological polar surface area (TPSA) is 286 Å². The van der Waals surface area contributed by atoms with E-state index in [4.69, 9.17) is 11.5 Å². The van der Waals surface area contributed by atoms with E-state index in [1.54, 1.807) is 24.3 Å².